The summed E-state index contributed by atoms with van der Waals surface area (Å²) in [6.07, 6.45) is 0. The van der Waals surface area contributed by atoms with Crippen molar-refractivity contribution in [1.29, 1.82) is 0 Å². The Hall–Kier alpha value is -2.93. The maximum absolute atomic E-state index is 13.7. The number of hydrogen-bond acceptors (Lipinski definition) is 5. The van der Waals surface area contributed by atoms with Gasteiger partial charge in [-0.05, 0) is 30.7 Å². The van der Waals surface area contributed by atoms with Gasteiger partial charge in [-0.2, -0.15) is 4.98 Å². The standard InChI is InChI=1S/C22H12Cl3N3O3/c1-10(29)15-17(11-5-3-2-4-6-11)31-19-16(18(24)27-21(25)28-19)22(15)13-8-7-12(23)9-14(13)26-20(22)30/h2-9H,1H3,(H,26,30). The highest BCUT2D eigenvalue weighted by atomic mass is 35.5. The predicted molar refractivity (Wildman–Crippen MR) is 118 cm³/mol. The first-order valence-corrected chi connectivity index (χ1v) is 10.3. The first kappa shape index (κ1) is 20.0. The highest BCUT2D eigenvalue weighted by molar-refractivity contribution is 6.34. The number of rotatable bonds is 2. The van der Waals surface area contributed by atoms with Gasteiger partial charge in [-0.25, -0.2) is 4.98 Å². The number of Topliss-reactive ketones (excluding diaryl/α,β-unsaturated/α-hetero) is 1. The topological polar surface area (TPSA) is 81.2 Å². The van der Waals surface area contributed by atoms with Gasteiger partial charge in [0.2, 0.25) is 17.1 Å². The Morgan fingerprint density at radius 1 is 1.06 bits per heavy atom. The second-order valence-electron chi connectivity index (χ2n) is 7.09. The molecule has 1 aromatic heterocycles. The van der Waals surface area contributed by atoms with E-state index in [9.17, 15) is 9.59 Å². The van der Waals surface area contributed by atoms with Gasteiger partial charge in [-0.15, -0.1) is 0 Å². The summed E-state index contributed by atoms with van der Waals surface area (Å²) in [6, 6.07) is 13.9. The molecule has 154 valence electrons. The largest absolute Gasteiger partial charge is 0.437 e. The highest BCUT2D eigenvalue weighted by Gasteiger charge is 2.59. The third-order valence-corrected chi connectivity index (χ3v) is 6.02. The van der Waals surface area contributed by atoms with E-state index >= 15 is 0 Å². The minimum atomic E-state index is -1.63. The maximum atomic E-state index is 13.7. The zero-order valence-electron chi connectivity index (χ0n) is 15.9. The number of fused-ring (bicyclic) bond motifs is 4. The summed E-state index contributed by atoms with van der Waals surface area (Å²) >= 11 is 18.7. The van der Waals surface area contributed by atoms with Crippen LogP contribution in [0, 0.1) is 0 Å². The molecule has 0 radical (unpaired) electrons. The van der Waals surface area contributed by atoms with Crippen LogP contribution in [-0.2, 0) is 15.0 Å². The molecule has 0 saturated heterocycles. The van der Waals surface area contributed by atoms with Crippen molar-refractivity contribution in [2.45, 2.75) is 12.3 Å². The lowest BCUT2D eigenvalue weighted by Gasteiger charge is -2.36. The second-order valence-corrected chi connectivity index (χ2v) is 8.22. The van der Waals surface area contributed by atoms with Gasteiger partial charge in [-0.1, -0.05) is 59.6 Å². The van der Waals surface area contributed by atoms with E-state index in [1.54, 1.807) is 42.5 Å². The molecule has 0 bridgehead atoms. The lowest BCUT2D eigenvalue weighted by atomic mass is 9.67. The molecule has 5 rings (SSSR count). The number of amides is 1. The number of nitrogens with one attached hydrogen (secondary N) is 1. The van der Waals surface area contributed by atoms with Gasteiger partial charge in [-0.3, -0.25) is 9.59 Å². The number of halogens is 3. The Morgan fingerprint density at radius 2 is 1.81 bits per heavy atom. The zero-order chi connectivity index (χ0) is 21.9. The SMILES string of the molecule is CC(=O)C1=C(c2ccccc2)Oc2nc(Cl)nc(Cl)c2C12C(=O)Nc1cc(Cl)ccc12. The van der Waals surface area contributed by atoms with Crippen LogP contribution in [0.3, 0.4) is 0 Å². The van der Waals surface area contributed by atoms with E-state index in [1.165, 1.54) is 6.92 Å². The Kier molecular flexibility index (Phi) is 4.55. The van der Waals surface area contributed by atoms with Gasteiger partial charge < -0.3 is 10.1 Å². The number of hydrogen-bond donors (Lipinski definition) is 1. The van der Waals surface area contributed by atoms with Crippen LogP contribution < -0.4 is 10.1 Å². The molecular weight excluding hydrogens is 461 g/mol. The van der Waals surface area contributed by atoms with E-state index in [2.05, 4.69) is 15.3 Å². The minimum absolute atomic E-state index is 0.00630. The maximum Gasteiger partial charge on any atom is 0.244 e. The summed E-state index contributed by atoms with van der Waals surface area (Å²) in [5.41, 5.74) is 0.200. The normalized spacial score (nSPS) is 19.0. The van der Waals surface area contributed by atoms with Gasteiger partial charge in [0.15, 0.2) is 5.78 Å². The van der Waals surface area contributed by atoms with Gasteiger partial charge in [0.1, 0.15) is 16.3 Å². The van der Waals surface area contributed by atoms with Crippen molar-refractivity contribution in [3.05, 3.63) is 86.3 Å². The summed E-state index contributed by atoms with van der Waals surface area (Å²) in [4.78, 5) is 35.0. The number of carbonyl (C=O) groups is 2. The van der Waals surface area contributed by atoms with Crippen molar-refractivity contribution in [2.75, 3.05) is 5.32 Å². The van der Waals surface area contributed by atoms with Crippen LogP contribution in [0.4, 0.5) is 5.69 Å². The summed E-state index contributed by atoms with van der Waals surface area (Å²) < 4.78 is 6.06. The molecule has 3 heterocycles. The molecule has 1 amide bonds. The quantitative estimate of drug-likeness (QED) is 0.416. The predicted octanol–water partition coefficient (Wildman–Crippen LogP) is 5.07. The lowest BCUT2D eigenvalue weighted by molar-refractivity contribution is -0.121. The van der Waals surface area contributed by atoms with Gasteiger partial charge in [0.25, 0.3) is 0 Å². The Balaban J connectivity index is 1.98. The van der Waals surface area contributed by atoms with Crippen LogP contribution in [0.25, 0.3) is 5.76 Å². The molecule has 1 atom stereocenters. The number of nitrogens with zero attached hydrogens (tertiary/aromatic N) is 2. The number of benzene rings is 2. The van der Waals surface area contributed by atoms with E-state index in [-0.39, 0.29) is 39.0 Å². The minimum Gasteiger partial charge on any atom is -0.437 e. The van der Waals surface area contributed by atoms with Crippen molar-refractivity contribution in [3.63, 3.8) is 0 Å². The van der Waals surface area contributed by atoms with Gasteiger partial charge in [0.05, 0.1) is 11.1 Å². The fraction of sp³-hybridized carbons (Fsp3) is 0.0909. The van der Waals surface area contributed by atoms with Crippen molar-refractivity contribution in [2.24, 2.45) is 0 Å². The molecule has 0 aliphatic carbocycles. The summed E-state index contributed by atoms with van der Waals surface area (Å²) in [5, 5.41) is 3.02. The third-order valence-electron chi connectivity index (χ3n) is 5.34. The Bertz CT molecular complexity index is 1320. The molecule has 1 spiro atoms. The molecular formula is C22H12Cl3N3O3. The molecule has 2 aliphatic rings. The fourth-order valence-electron chi connectivity index (χ4n) is 4.22. The molecule has 9 heteroatoms. The average Bonchev–Trinajstić information content (AvgIpc) is 2.98. The van der Waals surface area contributed by atoms with Crippen LogP contribution in [-0.4, -0.2) is 21.7 Å². The number of ketones is 1. The van der Waals surface area contributed by atoms with E-state index in [0.29, 0.717) is 21.8 Å². The lowest BCUT2D eigenvalue weighted by Crippen LogP contribution is -2.44. The molecule has 6 nitrogen and oxygen atoms in total. The Morgan fingerprint density at radius 3 is 2.52 bits per heavy atom. The van der Waals surface area contributed by atoms with Crippen LogP contribution >= 0.6 is 34.8 Å². The van der Waals surface area contributed by atoms with E-state index in [0.717, 1.165) is 0 Å². The number of aromatic nitrogens is 2. The molecule has 1 unspecified atom stereocenters. The van der Waals surface area contributed by atoms with Gasteiger partial charge >= 0.3 is 0 Å². The molecule has 0 saturated carbocycles. The second kappa shape index (κ2) is 7.05. The zero-order valence-corrected chi connectivity index (χ0v) is 18.1. The monoisotopic (exact) mass is 471 g/mol. The van der Waals surface area contributed by atoms with Crippen LogP contribution in [0.1, 0.15) is 23.6 Å². The highest BCUT2D eigenvalue weighted by Crippen LogP contribution is 2.57. The van der Waals surface area contributed by atoms with E-state index < -0.39 is 11.3 Å². The average molecular weight is 473 g/mol. The first-order chi connectivity index (χ1) is 14.8. The summed E-state index contributed by atoms with van der Waals surface area (Å²) in [6.45, 7) is 1.38. The van der Waals surface area contributed by atoms with E-state index in [4.69, 9.17) is 39.5 Å². The number of anilines is 1. The number of ether oxygens (including phenoxy) is 1. The summed E-state index contributed by atoms with van der Waals surface area (Å²) in [7, 11) is 0. The van der Waals surface area contributed by atoms with Crippen LogP contribution in [0.15, 0.2) is 54.1 Å². The molecule has 1 N–H and O–H groups in total. The third kappa shape index (κ3) is 2.79. The van der Waals surface area contributed by atoms with Crippen molar-refractivity contribution in [3.8, 4) is 5.88 Å². The molecule has 3 aromatic rings. The van der Waals surface area contributed by atoms with E-state index in [1.807, 2.05) is 6.07 Å². The number of carbonyl (C=O) groups excluding carboxylic acids is 2. The van der Waals surface area contributed by atoms with Crippen molar-refractivity contribution in [1.82, 2.24) is 9.97 Å². The molecule has 0 fully saturated rings. The fourth-order valence-corrected chi connectivity index (χ4v) is 4.90. The van der Waals surface area contributed by atoms with Crippen molar-refractivity contribution >= 4 is 57.9 Å². The van der Waals surface area contributed by atoms with Crippen molar-refractivity contribution < 1.29 is 14.3 Å². The molecule has 31 heavy (non-hydrogen) atoms. The van der Waals surface area contributed by atoms with Crippen LogP contribution in [0.2, 0.25) is 15.5 Å². The molecule has 2 aliphatic heterocycles. The molecule has 2 aromatic carbocycles. The van der Waals surface area contributed by atoms with Crippen LogP contribution in [0.5, 0.6) is 5.88 Å². The summed E-state index contributed by atoms with van der Waals surface area (Å²) in [5.74, 6) is -0.648. The first-order valence-electron chi connectivity index (χ1n) is 9.18. The van der Waals surface area contributed by atoms with Gasteiger partial charge in [0, 0.05) is 21.8 Å². The Labute approximate surface area is 191 Å². The smallest absolute Gasteiger partial charge is 0.244 e.